The minimum Gasteiger partial charge on any atom is -0.379 e. The van der Waals surface area contributed by atoms with Crippen molar-refractivity contribution in [2.45, 2.75) is 58.6 Å². The summed E-state index contributed by atoms with van der Waals surface area (Å²) >= 11 is 4.23. The Hall–Kier alpha value is 0.270. The van der Waals surface area contributed by atoms with Crippen molar-refractivity contribution < 1.29 is 5.11 Å². The first-order valence-electron chi connectivity index (χ1n) is 6.23. The molecule has 0 saturated carbocycles. The molecule has 0 rings (SSSR count). The topological polar surface area (TPSA) is 32.3 Å². The van der Waals surface area contributed by atoms with Crippen LogP contribution in [0.2, 0.25) is 0 Å². The van der Waals surface area contributed by atoms with Gasteiger partial charge in [-0.05, 0) is 43.9 Å². The van der Waals surface area contributed by atoms with E-state index in [9.17, 15) is 5.11 Å². The fourth-order valence-corrected chi connectivity index (χ4v) is 2.05. The molecule has 0 aliphatic heterocycles. The average molecular weight is 233 g/mol. The molecule has 0 aromatic carbocycles. The molecule has 15 heavy (non-hydrogen) atoms. The van der Waals surface area contributed by atoms with E-state index < -0.39 is 0 Å². The Morgan fingerprint density at radius 3 is 2.47 bits per heavy atom. The van der Waals surface area contributed by atoms with Crippen LogP contribution in [0.4, 0.5) is 0 Å². The second-order valence-electron chi connectivity index (χ2n) is 4.37. The lowest BCUT2D eigenvalue weighted by Gasteiger charge is -2.13. The molecule has 2 atom stereocenters. The third kappa shape index (κ3) is 10.6. The van der Waals surface area contributed by atoms with E-state index in [0.29, 0.717) is 0 Å². The molecule has 92 valence electrons. The van der Waals surface area contributed by atoms with Gasteiger partial charge in [0.15, 0.2) is 0 Å². The van der Waals surface area contributed by atoms with Crippen LogP contribution in [-0.4, -0.2) is 23.6 Å². The summed E-state index contributed by atoms with van der Waals surface area (Å²) in [4.78, 5) is 0. The molecule has 0 bridgehead atoms. The molecular weight excluding hydrogens is 206 g/mol. The number of rotatable bonds is 10. The standard InChI is InChI=1S/C12H27NOS/c1-3-9-13-12(14)7-5-4-6-11(2)8-10-15/h11-15H,3-10H2,1-2H3. The van der Waals surface area contributed by atoms with Gasteiger partial charge in [-0.15, -0.1) is 0 Å². The SMILES string of the molecule is CCCNC(O)CCCCC(C)CCS. The van der Waals surface area contributed by atoms with Crippen molar-refractivity contribution in [2.24, 2.45) is 5.92 Å². The molecule has 3 heteroatoms. The predicted molar refractivity (Wildman–Crippen MR) is 70.4 cm³/mol. The lowest BCUT2D eigenvalue weighted by atomic mass is 10.0. The summed E-state index contributed by atoms with van der Waals surface area (Å²) < 4.78 is 0. The maximum Gasteiger partial charge on any atom is 0.104 e. The normalized spacial score (nSPS) is 15.2. The van der Waals surface area contributed by atoms with Crippen LogP contribution in [0.5, 0.6) is 0 Å². The van der Waals surface area contributed by atoms with Crippen molar-refractivity contribution >= 4 is 12.6 Å². The third-order valence-electron chi connectivity index (χ3n) is 2.68. The predicted octanol–water partition coefficient (Wildman–Crippen LogP) is 2.82. The van der Waals surface area contributed by atoms with Crippen molar-refractivity contribution in [3.63, 3.8) is 0 Å². The zero-order valence-electron chi connectivity index (χ0n) is 10.2. The second-order valence-corrected chi connectivity index (χ2v) is 4.82. The van der Waals surface area contributed by atoms with Crippen molar-refractivity contribution in [3.05, 3.63) is 0 Å². The van der Waals surface area contributed by atoms with E-state index in [0.717, 1.165) is 37.5 Å². The molecule has 0 fully saturated rings. The molecule has 2 N–H and O–H groups in total. The molecule has 0 aliphatic carbocycles. The maximum absolute atomic E-state index is 9.53. The Morgan fingerprint density at radius 1 is 1.20 bits per heavy atom. The van der Waals surface area contributed by atoms with Crippen molar-refractivity contribution in [1.29, 1.82) is 0 Å². The molecule has 2 nitrogen and oxygen atoms in total. The summed E-state index contributed by atoms with van der Waals surface area (Å²) in [6, 6.07) is 0. The minimum atomic E-state index is -0.301. The Bertz CT molecular complexity index is 133. The number of aliphatic hydroxyl groups is 1. The zero-order valence-corrected chi connectivity index (χ0v) is 11.1. The van der Waals surface area contributed by atoms with Crippen LogP contribution >= 0.6 is 12.6 Å². The summed E-state index contributed by atoms with van der Waals surface area (Å²) in [5.74, 6) is 1.77. The van der Waals surface area contributed by atoms with Gasteiger partial charge in [0.05, 0.1) is 0 Å². The molecule has 0 aromatic heterocycles. The van der Waals surface area contributed by atoms with Crippen LogP contribution in [-0.2, 0) is 0 Å². The van der Waals surface area contributed by atoms with Gasteiger partial charge in [-0.1, -0.05) is 26.7 Å². The van der Waals surface area contributed by atoms with Crippen molar-refractivity contribution in [3.8, 4) is 0 Å². The van der Waals surface area contributed by atoms with Gasteiger partial charge in [0.2, 0.25) is 0 Å². The van der Waals surface area contributed by atoms with Gasteiger partial charge in [0, 0.05) is 0 Å². The molecule has 2 unspecified atom stereocenters. The van der Waals surface area contributed by atoms with Gasteiger partial charge in [-0.3, -0.25) is 5.32 Å². The minimum absolute atomic E-state index is 0.301. The highest BCUT2D eigenvalue weighted by Gasteiger charge is 2.03. The quantitative estimate of drug-likeness (QED) is 0.308. The Balaban J connectivity index is 3.22. The van der Waals surface area contributed by atoms with Crippen LogP contribution < -0.4 is 5.32 Å². The van der Waals surface area contributed by atoms with Crippen LogP contribution in [0.1, 0.15) is 52.4 Å². The van der Waals surface area contributed by atoms with Gasteiger partial charge < -0.3 is 5.11 Å². The number of aliphatic hydroxyl groups excluding tert-OH is 1. The molecule has 0 spiro atoms. The van der Waals surface area contributed by atoms with Gasteiger partial charge in [-0.25, -0.2) is 0 Å². The summed E-state index contributed by atoms with van der Waals surface area (Å²) in [7, 11) is 0. The Labute approximate surface area is 100 Å². The van der Waals surface area contributed by atoms with Crippen LogP contribution in [0.3, 0.4) is 0 Å². The van der Waals surface area contributed by atoms with Gasteiger partial charge in [0.25, 0.3) is 0 Å². The van der Waals surface area contributed by atoms with E-state index in [4.69, 9.17) is 0 Å². The molecule has 0 heterocycles. The van der Waals surface area contributed by atoms with Crippen LogP contribution in [0, 0.1) is 5.92 Å². The first-order chi connectivity index (χ1) is 7.20. The van der Waals surface area contributed by atoms with Crippen LogP contribution in [0.15, 0.2) is 0 Å². The number of thiol groups is 1. The van der Waals surface area contributed by atoms with E-state index in [1.54, 1.807) is 0 Å². The van der Waals surface area contributed by atoms with Crippen molar-refractivity contribution in [1.82, 2.24) is 5.32 Å². The average Bonchev–Trinajstić information content (AvgIpc) is 2.22. The lowest BCUT2D eigenvalue weighted by molar-refractivity contribution is 0.124. The van der Waals surface area contributed by atoms with E-state index in [2.05, 4.69) is 31.8 Å². The van der Waals surface area contributed by atoms with E-state index >= 15 is 0 Å². The smallest absolute Gasteiger partial charge is 0.104 e. The van der Waals surface area contributed by atoms with Crippen molar-refractivity contribution in [2.75, 3.05) is 12.3 Å². The highest BCUT2D eigenvalue weighted by Crippen LogP contribution is 2.13. The van der Waals surface area contributed by atoms with E-state index in [1.165, 1.54) is 19.3 Å². The fourth-order valence-electron chi connectivity index (χ4n) is 1.61. The maximum atomic E-state index is 9.53. The number of nitrogens with one attached hydrogen (secondary N) is 1. The molecule has 0 aliphatic rings. The van der Waals surface area contributed by atoms with E-state index in [1.807, 2.05) is 0 Å². The number of hydrogen-bond acceptors (Lipinski definition) is 3. The fraction of sp³-hybridized carbons (Fsp3) is 1.00. The first kappa shape index (κ1) is 15.3. The zero-order chi connectivity index (χ0) is 11.5. The monoisotopic (exact) mass is 233 g/mol. The Morgan fingerprint density at radius 2 is 1.87 bits per heavy atom. The molecule has 0 amide bonds. The van der Waals surface area contributed by atoms with Gasteiger partial charge >= 0.3 is 0 Å². The largest absolute Gasteiger partial charge is 0.379 e. The summed E-state index contributed by atoms with van der Waals surface area (Å²) in [6.07, 6.45) is 6.48. The summed E-state index contributed by atoms with van der Waals surface area (Å²) in [5.41, 5.74) is 0. The highest BCUT2D eigenvalue weighted by atomic mass is 32.1. The number of hydrogen-bond donors (Lipinski definition) is 3. The molecule has 0 aromatic rings. The van der Waals surface area contributed by atoms with E-state index in [-0.39, 0.29) is 6.23 Å². The second kappa shape index (κ2) is 10.8. The lowest BCUT2D eigenvalue weighted by Crippen LogP contribution is -2.29. The van der Waals surface area contributed by atoms with Gasteiger partial charge in [-0.2, -0.15) is 12.6 Å². The number of unbranched alkanes of at least 4 members (excludes halogenated alkanes) is 1. The Kier molecular flexibility index (Phi) is 11.0. The first-order valence-corrected chi connectivity index (χ1v) is 6.86. The summed E-state index contributed by atoms with van der Waals surface area (Å²) in [6.45, 7) is 5.30. The molecule has 0 saturated heterocycles. The molecule has 0 radical (unpaired) electrons. The highest BCUT2D eigenvalue weighted by molar-refractivity contribution is 7.80. The summed E-state index contributed by atoms with van der Waals surface area (Å²) in [5, 5.41) is 12.6. The van der Waals surface area contributed by atoms with Crippen LogP contribution in [0.25, 0.3) is 0 Å². The molecular formula is C12H27NOS. The van der Waals surface area contributed by atoms with Gasteiger partial charge in [0.1, 0.15) is 6.23 Å². The third-order valence-corrected chi connectivity index (χ3v) is 2.93.